The van der Waals surface area contributed by atoms with Crippen molar-refractivity contribution in [2.45, 2.75) is 44.8 Å². The molecular formula is C22H25F4N3O3. The second-order valence-corrected chi connectivity index (χ2v) is 7.67. The van der Waals surface area contributed by atoms with Crippen LogP contribution in [0, 0.1) is 0 Å². The van der Waals surface area contributed by atoms with E-state index in [0.29, 0.717) is 24.7 Å². The van der Waals surface area contributed by atoms with Crippen LogP contribution in [0.2, 0.25) is 0 Å². The fraction of sp³-hybridized carbons (Fsp3) is 0.455. The molecule has 0 unspecified atom stereocenters. The van der Waals surface area contributed by atoms with Gasteiger partial charge in [-0.15, -0.1) is 0 Å². The standard InChI is InChI=1S/C22H25F4N3O3/c1-14(28-15(2)30)16-3-5-17(6-4-16)32-19-9-10-29(12-19)20-8-7-18(11-27-20)31-13-22(25,26)21(23)24/h3-8,11,14,19,21H,9-10,12-13H2,1-2H3,(H,28,30)/t14-,19+/m0/s1. The summed E-state index contributed by atoms with van der Waals surface area (Å²) in [5, 5.41) is 2.83. The minimum absolute atomic E-state index is 0.00495. The van der Waals surface area contributed by atoms with Crippen LogP contribution in [0.25, 0.3) is 0 Å². The van der Waals surface area contributed by atoms with E-state index in [0.717, 1.165) is 12.0 Å². The van der Waals surface area contributed by atoms with E-state index in [1.165, 1.54) is 19.2 Å². The van der Waals surface area contributed by atoms with Gasteiger partial charge in [-0.3, -0.25) is 4.79 Å². The number of amides is 1. The first-order valence-electron chi connectivity index (χ1n) is 10.2. The number of halogens is 4. The third kappa shape index (κ3) is 6.24. The van der Waals surface area contributed by atoms with Crippen molar-refractivity contribution in [3.8, 4) is 11.5 Å². The molecule has 1 amide bonds. The number of rotatable bonds is 9. The van der Waals surface area contributed by atoms with E-state index in [1.807, 2.05) is 36.1 Å². The molecule has 0 radical (unpaired) electrons. The van der Waals surface area contributed by atoms with Gasteiger partial charge < -0.3 is 19.7 Å². The molecule has 1 fully saturated rings. The molecule has 6 nitrogen and oxygen atoms in total. The summed E-state index contributed by atoms with van der Waals surface area (Å²) in [6.07, 6.45) is -1.84. The van der Waals surface area contributed by atoms with Crippen LogP contribution in [-0.2, 0) is 4.79 Å². The summed E-state index contributed by atoms with van der Waals surface area (Å²) in [6.45, 7) is 3.24. The number of benzene rings is 1. The van der Waals surface area contributed by atoms with Gasteiger partial charge in [0.15, 0.2) is 6.61 Å². The molecule has 1 aromatic heterocycles. The lowest BCUT2D eigenvalue weighted by atomic mass is 10.1. The molecular weight excluding hydrogens is 430 g/mol. The van der Waals surface area contributed by atoms with Crippen molar-refractivity contribution < 1.29 is 31.8 Å². The molecule has 2 aromatic rings. The minimum atomic E-state index is -4.21. The molecule has 0 aliphatic carbocycles. The Morgan fingerprint density at radius 3 is 2.50 bits per heavy atom. The van der Waals surface area contributed by atoms with Crippen molar-refractivity contribution in [2.24, 2.45) is 0 Å². The highest BCUT2D eigenvalue weighted by Crippen LogP contribution is 2.27. The monoisotopic (exact) mass is 455 g/mol. The predicted octanol–water partition coefficient (Wildman–Crippen LogP) is 4.22. The molecule has 1 N–H and O–H groups in total. The van der Waals surface area contributed by atoms with Crippen molar-refractivity contribution >= 4 is 11.7 Å². The highest BCUT2D eigenvalue weighted by Gasteiger charge is 2.41. The third-order valence-corrected chi connectivity index (χ3v) is 5.04. The molecule has 174 valence electrons. The molecule has 1 saturated heterocycles. The summed E-state index contributed by atoms with van der Waals surface area (Å²) < 4.78 is 61.1. The van der Waals surface area contributed by atoms with E-state index in [-0.39, 0.29) is 23.8 Å². The first kappa shape index (κ1) is 23.6. The summed E-state index contributed by atoms with van der Waals surface area (Å²) in [4.78, 5) is 17.3. The molecule has 32 heavy (non-hydrogen) atoms. The maximum Gasteiger partial charge on any atom is 0.340 e. The minimum Gasteiger partial charge on any atom is -0.489 e. The quantitative estimate of drug-likeness (QED) is 0.574. The topological polar surface area (TPSA) is 63.7 Å². The number of nitrogens with one attached hydrogen (secondary N) is 1. The summed E-state index contributed by atoms with van der Waals surface area (Å²) in [5.41, 5.74) is 0.971. The smallest absolute Gasteiger partial charge is 0.340 e. The van der Waals surface area contributed by atoms with Gasteiger partial charge >= 0.3 is 12.3 Å². The van der Waals surface area contributed by atoms with Gasteiger partial charge in [-0.25, -0.2) is 13.8 Å². The van der Waals surface area contributed by atoms with Crippen LogP contribution in [0.1, 0.15) is 31.9 Å². The van der Waals surface area contributed by atoms with Crippen LogP contribution >= 0.6 is 0 Å². The van der Waals surface area contributed by atoms with Gasteiger partial charge in [-0.2, -0.15) is 8.78 Å². The van der Waals surface area contributed by atoms with Crippen LogP contribution in [-0.4, -0.2) is 49.0 Å². The van der Waals surface area contributed by atoms with Crippen LogP contribution in [0.4, 0.5) is 23.4 Å². The summed E-state index contributed by atoms with van der Waals surface area (Å²) in [5.74, 6) is -2.98. The largest absolute Gasteiger partial charge is 0.489 e. The van der Waals surface area contributed by atoms with Crippen LogP contribution in [0.3, 0.4) is 0 Å². The molecule has 0 spiro atoms. The van der Waals surface area contributed by atoms with Crippen molar-refractivity contribution in [2.75, 3.05) is 24.6 Å². The van der Waals surface area contributed by atoms with Crippen molar-refractivity contribution in [3.05, 3.63) is 48.2 Å². The number of carbonyl (C=O) groups is 1. The van der Waals surface area contributed by atoms with Crippen molar-refractivity contribution in [1.82, 2.24) is 10.3 Å². The van der Waals surface area contributed by atoms with Gasteiger partial charge in [0.1, 0.15) is 23.4 Å². The predicted molar refractivity (Wildman–Crippen MR) is 111 cm³/mol. The highest BCUT2D eigenvalue weighted by molar-refractivity contribution is 5.73. The van der Waals surface area contributed by atoms with E-state index in [2.05, 4.69) is 10.3 Å². The number of alkyl halides is 4. The zero-order valence-electron chi connectivity index (χ0n) is 17.7. The molecule has 10 heteroatoms. The number of carbonyl (C=O) groups excluding carboxylic acids is 1. The first-order chi connectivity index (χ1) is 15.1. The molecule has 3 rings (SSSR count). The number of hydrogen-bond acceptors (Lipinski definition) is 5. The second kappa shape index (κ2) is 10.1. The number of nitrogens with zero attached hydrogens (tertiary/aromatic N) is 2. The Morgan fingerprint density at radius 1 is 1.22 bits per heavy atom. The van der Waals surface area contributed by atoms with Crippen molar-refractivity contribution in [1.29, 1.82) is 0 Å². The molecule has 1 aromatic carbocycles. The lowest BCUT2D eigenvalue weighted by molar-refractivity contribution is -0.148. The van der Waals surface area contributed by atoms with E-state index in [1.54, 1.807) is 6.07 Å². The average Bonchev–Trinajstić information content (AvgIpc) is 3.21. The Morgan fingerprint density at radius 2 is 1.91 bits per heavy atom. The van der Waals surface area contributed by atoms with E-state index in [9.17, 15) is 22.4 Å². The lowest BCUT2D eigenvalue weighted by Crippen LogP contribution is -2.33. The second-order valence-electron chi connectivity index (χ2n) is 7.67. The highest BCUT2D eigenvalue weighted by atomic mass is 19.3. The average molecular weight is 455 g/mol. The van der Waals surface area contributed by atoms with Crippen LogP contribution < -0.4 is 19.7 Å². The molecule has 1 aliphatic heterocycles. The number of ether oxygens (including phenoxy) is 2. The van der Waals surface area contributed by atoms with Crippen molar-refractivity contribution in [3.63, 3.8) is 0 Å². The Kier molecular flexibility index (Phi) is 7.42. The fourth-order valence-electron chi connectivity index (χ4n) is 3.34. The van der Waals surface area contributed by atoms with Crippen LogP contribution in [0.15, 0.2) is 42.6 Å². The fourth-order valence-corrected chi connectivity index (χ4v) is 3.34. The summed E-state index contributed by atoms with van der Waals surface area (Å²) in [6, 6.07) is 10.4. The van der Waals surface area contributed by atoms with Gasteiger partial charge in [-0.1, -0.05) is 12.1 Å². The zero-order chi connectivity index (χ0) is 23.3. The maximum absolute atomic E-state index is 13.0. The Hall–Kier alpha value is -3.04. The number of aromatic nitrogens is 1. The van der Waals surface area contributed by atoms with Gasteiger partial charge in [0.25, 0.3) is 0 Å². The molecule has 0 bridgehead atoms. The van der Waals surface area contributed by atoms with Crippen LogP contribution in [0.5, 0.6) is 11.5 Å². The van der Waals surface area contributed by atoms with Gasteiger partial charge in [0, 0.05) is 19.9 Å². The van der Waals surface area contributed by atoms with Gasteiger partial charge in [0.2, 0.25) is 5.91 Å². The van der Waals surface area contributed by atoms with E-state index >= 15 is 0 Å². The molecule has 0 saturated carbocycles. The SMILES string of the molecule is CC(=O)N[C@@H](C)c1ccc(O[C@@H]2CCN(c3ccc(OCC(F)(F)C(F)F)cn3)C2)cc1. The first-order valence-corrected chi connectivity index (χ1v) is 10.2. The number of pyridine rings is 1. The van der Waals surface area contributed by atoms with E-state index < -0.39 is 19.0 Å². The molecule has 1 aliphatic rings. The number of hydrogen-bond donors (Lipinski definition) is 1. The molecule has 2 heterocycles. The summed E-state index contributed by atoms with van der Waals surface area (Å²) >= 11 is 0. The van der Waals surface area contributed by atoms with Gasteiger partial charge in [0.05, 0.1) is 18.8 Å². The Balaban J connectivity index is 1.50. The van der Waals surface area contributed by atoms with E-state index in [4.69, 9.17) is 9.47 Å². The zero-order valence-corrected chi connectivity index (χ0v) is 17.7. The normalized spacial score (nSPS) is 17.3. The third-order valence-electron chi connectivity index (χ3n) is 5.04. The Labute approximate surface area is 183 Å². The maximum atomic E-state index is 13.0. The number of anilines is 1. The lowest BCUT2D eigenvalue weighted by Gasteiger charge is -2.19. The Bertz CT molecular complexity index is 894. The molecule has 2 atom stereocenters. The van der Waals surface area contributed by atoms with Gasteiger partial charge in [-0.05, 0) is 36.8 Å². The summed E-state index contributed by atoms with van der Waals surface area (Å²) in [7, 11) is 0.